The van der Waals surface area contributed by atoms with Crippen LogP contribution in [0.25, 0.3) is 0 Å². The van der Waals surface area contributed by atoms with Crippen molar-refractivity contribution in [3.63, 3.8) is 0 Å². The van der Waals surface area contributed by atoms with Gasteiger partial charge in [0.25, 0.3) is 5.91 Å². The normalized spacial score (nSPS) is 10.1. The monoisotopic (exact) mass is 340 g/mol. The van der Waals surface area contributed by atoms with Crippen molar-refractivity contribution < 1.29 is 14.3 Å². The van der Waals surface area contributed by atoms with E-state index in [1.165, 1.54) is 12.7 Å². The molecule has 25 heavy (non-hydrogen) atoms. The van der Waals surface area contributed by atoms with E-state index >= 15 is 0 Å². The summed E-state index contributed by atoms with van der Waals surface area (Å²) in [6.45, 7) is 0.926. The van der Waals surface area contributed by atoms with Gasteiger partial charge >= 0.3 is 0 Å². The molecule has 0 aliphatic heterocycles. The molecule has 0 spiro atoms. The lowest BCUT2D eigenvalue weighted by molar-refractivity contribution is -0.120. The van der Waals surface area contributed by atoms with Crippen LogP contribution >= 0.6 is 0 Å². The van der Waals surface area contributed by atoms with Crippen molar-refractivity contribution in [2.24, 2.45) is 0 Å². The minimum atomic E-state index is -0.241. The predicted octanol–water partition coefficient (Wildman–Crippen LogP) is 2.56. The molecule has 0 atom stereocenters. The Morgan fingerprint density at radius 3 is 2.40 bits per heavy atom. The number of carbonyl (C=O) groups excluding carboxylic acids is 2. The molecular formula is C20H24N2O3. The van der Waals surface area contributed by atoms with E-state index in [0.717, 1.165) is 12.8 Å². The Morgan fingerprint density at radius 1 is 0.920 bits per heavy atom. The lowest BCUT2D eigenvalue weighted by Crippen LogP contribution is -2.31. The van der Waals surface area contributed by atoms with E-state index in [0.29, 0.717) is 24.4 Å². The smallest absolute Gasteiger partial charge is 0.255 e. The average Bonchev–Trinajstić information content (AvgIpc) is 2.66. The summed E-state index contributed by atoms with van der Waals surface area (Å²) >= 11 is 0. The molecule has 2 amide bonds. The largest absolute Gasteiger partial charge is 0.496 e. The van der Waals surface area contributed by atoms with E-state index in [1.807, 2.05) is 18.2 Å². The van der Waals surface area contributed by atoms with Crippen LogP contribution in [-0.4, -0.2) is 32.0 Å². The lowest BCUT2D eigenvalue weighted by Gasteiger charge is -2.09. The minimum Gasteiger partial charge on any atom is -0.496 e. The molecule has 0 bridgehead atoms. The standard InChI is InChI=1S/C20H24N2O3/c1-25-18-12-6-5-11-17(18)20(24)22-15-13-19(23)21-14-7-10-16-8-3-2-4-9-16/h2-6,8-9,11-12H,7,10,13-15H2,1H3,(H,21,23)(H,22,24). The first kappa shape index (κ1) is 18.5. The van der Waals surface area contributed by atoms with Crippen LogP contribution in [0, 0.1) is 0 Å². The fraction of sp³-hybridized carbons (Fsp3) is 0.300. The average molecular weight is 340 g/mol. The van der Waals surface area contributed by atoms with Crippen LogP contribution in [-0.2, 0) is 11.2 Å². The maximum absolute atomic E-state index is 12.1. The Hall–Kier alpha value is -2.82. The van der Waals surface area contributed by atoms with Gasteiger partial charge in [0.1, 0.15) is 5.75 Å². The summed E-state index contributed by atoms with van der Waals surface area (Å²) in [5.41, 5.74) is 1.73. The SMILES string of the molecule is COc1ccccc1C(=O)NCCC(=O)NCCCc1ccccc1. The Kier molecular flexibility index (Phi) is 7.50. The van der Waals surface area contributed by atoms with Crippen molar-refractivity contribution in [2.75, 3.05) is 20.2 Å². The molecule has 0 aromatic heterocycles. The van der Waals surface area contributed by atoms with Crippen LogP contribution < -0.4 is 15.4 Å². The summed E-state index contributed by atoms with van der Waals surface area (Å²) in [5.74, 6) is 0.216. The van der Waals surface area contributed by atoms with Gasteiger partial charge in [0.2, 0.25) is 5.91 Å². The molecule has 2 aromatic carbocycles. The Balaban J connectivity index is 1.62. The van der Waals surface area contributed by atoms with Gasteiger partial charge in [0.05, 0.1) is 12.7 Å². The van der Waals surface area contributed by atoms with Gasteiger partial charge in [-0.1, -0.05) is 42.5 Å². The quantitative estimate of drug-likeness (QED) is 0.690. The lowest BCUT2D eigenvalue weighted by atomic mass is 10.1. The second-order valence-electron chi connectivity index (χ2n) is 5.65. The van der Waals surface area contributed by atoms with E-state index in [4.69, 9.17) is 4.74 Å². The molecule has 2 rings (SSSR count). The van der Waals surface area contributed by atoms with Crippen molar-refractivity contribution in [2.45, 2.75) is 19.3 Å². The second-order valence-corrected chi connectivity index (χ2v) is 5.65. The maximum atomic E-state index is 12.1. The third-order valence-corrected chi connectivity index (χ3v) is 3.80. The number of para-hydroxylation sites is 1. The van der Waals surface area contributed by atoms with Crippen LogP contribution in [0.2, 0.25) is 0 Å². The van der Waals surface area contributed by atoms with E-state index in [9.17, 15) is 9.59 Å². The number of carbonyl (C=O) groups is 2. The number of benzene rings is 2. The zero-order valence-corrected chi connectivity index (χ0v) is 14.5. The van der Waals surface area contributed by atoms with Crippen LogP contribution in [0.3, 0.4) is 0 Å². The molecule has 5 nitrogen and oxygen atoms in total. The van der Waals surface area contributed by atoms with Crippen LogP contribution in [0.1, 0.15) is 28.8 Å². The van der Waals surface area contributed by atoms with Crippen molar-refractivity contribution >= 4 is 11.8 Å². The number of nitrogens with one attached hydrogen (secondary N) is 2. The van der Waals surface area contributed by atoms with Gasteiger partial charge < -0.3 is 15.4 Å². The van der Waals surface area contributed by atoms with Crippen molar-refractivity contribution in [3.8, 4) is 5.75 Å². The predicted molar refractivity (Wildman–Crippen MR) is 97.7 cm³/mol. The van der Waals surface area contributed by atoms with Gasteiger partial charge in [-0.15, -0.1) is 0 Å². The molecule has 132 valence electrons. The minimum absolute atomic E-state index is 0.0617. The fourth-order valence-corrected chi connectivity index (χ4v) is 2.47. The Labute approximate surface area is 148 Å². The highest BCUT2D eigenvalue weighted by Gasteiger charge is 2.11. The molecule has 0 saturated carbocycles. The Morgan fingerprint density at radius 2 is 1.64 bits per heavy atom. The summed E-state index contributed by atoms with van der Waals surface area (Å²) in [4.78, 5) is 23.9. The number of hydrogen-bond acceptors (Lipinski definition) is 3. The second kappa shape index (κ2) is 10.1. The first-order chi connectivity index (χ1) is 12.2. The molecule has 0 unspecified atom stereocenters. The van der Waals surface area contributed by atoms with Gasteiger partial charge in [0, 0.05) is 19.5 Å². The van der Waals surface area contributed by atoms with Crippen LogP contribution in [0.15, 0.2) is 54.6 Å². The highest BCUT2D eigenvalue weighted by Crippen LogP contribution is 2.16. The molecule has 5 heteroatoms. The number of hydrogen-bond donors (Lipinski definition) is 2. The van der Waals surface area contributed by atoms with E-state index in [1.54, 1.807) is 24.3 Å². The number of aryl methyl sites for hydroxylation is 1. The van der Waals surface area contributed by atoms with E-state index in [2.05, 4.69) is 22.8 Å². The van der Waals surface area contributed by atoms with E-state index < -0.39 is 0 Å². The maximum Gasteiger partial charge on any atom is 0.255 e. The van der Waals surface area contributed by atoms with Crippen LogP contribution in [0.4, 0.5) is 0 Å². The summed E-state index contributed by atoms with van der Waals surface area (Å²) in [7, 11) is 1.52. The summed E-state index contributed by atoms with van der Waals surface area (Å²) in [6, 6.07) is 17.2. The highest BCUT2D eigenvalue weighted by atomic mass is 16.5. The first-order valence-corrected chi connectivity index (χ1v) is 8.42. The molecule has 0 radical (unpaired) electrons. The molecule has 2 N–H and O–H groups in total. The van der Waals surface area contributed by atoms with Gasteiger partial charge in [0.15, 0.2) is 0 Å². The number of rotatable bonds is 9. The number of amides is 2. The zero-order valence-electron chi connectivity index (χ0n) is 14.5. The number of ether oxygens (including phenoxy) is 1. The third-order valence-electron chi connectivity index (χ3n) is 3.80. The zero-order chi connectivity index (χ0) is 17.9. The topological polar surface area (TPSA) is 67.4 Å². The van der Waals surface area contributed by atoms with Crippen molar-refractivity contribution in [3.05, 3.63) is 65.7 Å². The van der Waals surface area contributed by atoms with Crippen molar-refractivity contribution in [1.29, 1.82) is 0 Å². The van der Waals surface area contributed by atoms with E-state index in [-0.39, 0.29) is 18.2 Å². The third kappa shape index (κ3) is 6.30. The molecular weight excluding hydrogens is 316 g/mol. The molecule has 0 aliphatic rings. The van der Waals surface area contributed by atoms with Gasteiger partial charge in [-0.3, -0.25) is 9.59 Å². The fourth-order valence-electron chi connectivity index (χ4n) is 2.47. The summed E-state index contributed by atoms with van der Waals surface area (Å²) < 4.78 is 5.16. The molecule has 0 aliphatic carbocycles. The highest BCUT2D eigenvalue weighted by molar-refractivity contribution is 5.97. The number of methoxy groups -OCH3 is 1. The summed E-state index contributed by atoms with van der Waals surface area (Å²) in [6.07, 6.45) is 2.08. The van der Waals surface area contributed by atoms with Gasteiger partial charge in [-0.05, 0) is 30.5 Å². The first-order valence-electron chi connectivity index (χ1n) is 8.42. The Bertz CT molecular complexity index is 686. The van der Waals surface area contributed by atoms with Gasteiger partial charge in [-0.2, -0.15) is 0 Å². The van der Waals surface area contributed by atoms with Gasteiger partial charge in [-0.25, -0.2) is 0 Å². The molecule has 2 aromatic rings. The molecule has 0 heterocycles. The van der Waals surface area contributed by atoms with Crippen LogP contribution in [0.5, 0.6) is 5.75 Å². The molecule has 0 fully saturated rings. The molecule has 0 saturated heterocycles. The summed E-state index contributed by atoms with van der Waals surface area (Å²) in [5, 5.41) is 5.62. The van der Waals surface area contributed by atoms with Crippen molar-refractivity contribution in [1.82, 2.24) is 10.6 Å².